The molecule has 2 aliphatic carbocycles. The van der Waals surface area contributed by atoms with Crippen LogP contribution >= 0.6 is 23.1 Å². The molecule has 2 amide bonds. The Bertz CT molecular complexity index is 1470. The van der Waals surface area contributed by atoms with Crippen molar-refractivity contribution in [2.24, 2.45) is 29.6 Å². The maximum atomic E-state index is 13.9. The Balaban J connectivity index is 1.28. The number of benzene rings is 2. The highest BCUT2D eigenvalue weighted by Crippen LogP contribution is 2.68. The van der Waals surface area contributed by atoms with Crippen LogP contribution in [-0.2, 0) is 9.59 Å². The van der Waals surface area contributed by atoms with Gasteiger partial charge in [0, 0.05) is 34.8 Å². The average molecular weight is 546 g/mol. The lowest BCUT2D eigenvalue weighted by Crippen LogP contribution is -2.42. The van der Waals surface area contributed by atoms with Gasteiger partial charge in [0.15, 0.2) is 0 Å². The third kappa shape index (κ3) is 3.35. The number of thiazole rings is 1. The summed E-state index contributed by atoms with van der Waals surface area (Å²) in [6, 6.07) is 16.5. The molecular weight excluding hydrogens is 514 g/mol. The zero-order valence-electron chi connectivity index (χ0n) is 21.7. The second kappa shape index (κ2) is 8.85. The van der Waals surface area contributed by atoms with Crippen molar-refractivity contribution in [3.63, 3.8) is 0 Å². The van der Waals surface area contributed by atoms with Crippen molar-refractivity contribution < 1.29 is 9.59 Å². The van der Waals surface area contributed by atoms with E-state index in [-0.39, 0.29) is 57.4 Å². The molecule has 3 heterocycles. The minimum Gasteiger partial charge on any atom is -0.372 e. The number of aromatic amines is 1. The summed E-state index contributed by atoms with van der Waals surface area (Å²) in [7, 11) is 0. The molecule has 6 nitrogen and oxygen atoms in total. The number of H-pyrrole nitrogens is 1. The molecule has 0 radical (unpaired) electrons. The zero-order valence-corrected chi connectivity index (χ0v) is 23.4. The molecule has 7 atom stereocenters. The first-order chi connectivity index (χ1) is 18.4. The number of aryl methyl sites for hydroxylation is 1. The van der Waals surface area contributed by atoms with Gasteiger partial charge in [-0.2, -0.15) is 0 Å². The quantitative estimate of drug-likeness (QED) is 0.443. The van der Waals surface area contributed by atoms with Gasteiger partial charge in [0.05, 0.1) is 22.5 Å². The molecular formula is C30H31N3O3S2. The zero-order chi connectivity index (χ0) is 26.3. The topological polar surface area (TPSA) is 73.5 Å². The fourth-order valence-electron chi connectivity index (χ4n) is 7.82. The van der Waals surface area contributed by atoms with E-state index in [0.717, 1.165) is 35.0 Å². The molecule has 3 aromatic rings. The van der Waals surface area contributed by atoms with Crippen LogP contribution in [0.5, 0.6) is 0 Å². The van der Waals surface area contributed by atoms with Gasteiger partial charge in [-0.1, -0.05) is 41.2 Å². The van der Waals surface area contributed by atoms with Gasteiger partial charge >= 0.3 is 4.87 Å². The highest BCUT2D eigenvalue weighted by atomic mass is 32.2. The summed E-state index contributed by atoms with van der Waals surface area (Å²) in [5, 5.41) is 1.16. The molecule has 196 valence electrons. The highest BCUT2D eigenvalue weighted by Gasteiger charge is 2.69. The first-order valence-electron chi connectivity index (χ1n) is 13.6. The van der Waals surface area contributed by atoms with Crippen LogP contribution in [0.3, 0.4) is 0 Å². The summed E-state index contributed by atoms with van der Waals surface area (Å²) in [5.41, 5.74) is 4.18. The molecule has 7 rings (SSSR count). The summed E-state index contributed by atoms with van der Waals surface area (Å²) >= 11 is 3.05. The number of carbonyl (C=O) groups excluding carboxylic acids is 2. The molecule has 2 aromatic carbocycles. The van der Waals surface area contributed by atoms with Crippen molar-refractivity contribution in [2.75, 3.05) is 22.9 Å². The Morgan fingerprint density at radius 1 is 0.921 bits per heavy atom. The molecule has 8 heteroatoms. The molecule has 0 spiro atoms. The van der Waals surface area contributed by atoms with Crippen LogP contribution in [0.1, 0.15) is 42.2 Å². The number of carbonyl (C=O) groups is 2. The Hall–Kier alpha value is -2.84. The van der Waals surface area contributed by atoms with E-state index in [2.05, 4.69) is 48.0 Å². The number of nitrogens with one attached hydrogen (secondary N) is 1. The molecule has 2 bridgehead atoms. The van der Waals surface area contributed by atoms with Crippen LogP contribution in [0.25, 0.3) is 0 Å². The molecule has 38 heavy (non-hydrogen) atoms. The molecule has 1 saturated heterocycles. The first kappa shape index (κ1) is 24.2. The van der Waals surface area contributed by atoms with Crippen molar-refractivity contribution in [3.05, 3.63) is 74.2 Å². The third-order valence-corrected chi connectivity index (χ3v) is 12.0. The van der Waals surface area contributed by atoms with E-state index < -0.39 is 0 Å². The van der Waals surface area contributed by atoms with Gasteiger partial charge in [-0.25, -0.2) is 0 Å². The van der Waals surface area contributed by atoms with E-state index in [1.807, 2.05) is 31.2 Å². The van der Waals surface area contributed by atoms with Crippen LogP contribution in [0.2, 0.25) is 0 Å². The predicted octanol–water partition coefficient (Wildman–Crippen LogP) is 5.27. The summed E-state index contributed by atoms with van der Waals surface area (Å²) in [6.45, 7) is 8.23. The number of amides is 2. The molecule has 2 saturated carbocycles. The van der Waals surface area contributed by atoms with Crippen LogP contribution in [0.4, 0.5) is 11.4 Å². The minimum atomic E-state index is -0.273. The summed E-state index contributed by atoms with van der Waals surface area (Å²) < 4.78 is 0. The fraction of sp³-hybridized carbons (Fsp3) is 0.433. The number of hydrogen-bond donors (Lipinski definition) is 1. The largest absolute Gasteiger partial charge is 0.372 e. The Labute approximate surface area is 230 Å². The van der Waals surface area contributed by atoms with Crippen LogP contribution < -0.4 is 14.7 Å². The fourth-order valence-corrected chi connectivity index (χ4v) is 10.7. The molecule has 2 aliphatic heterocycles. The van der Waals surface area contributed by atoms with Crippen molar-refractivity contribution in [1.82, 2.24) is 4.98 Å². The number of hydrogen-bond acceptors (Lipinski definition) is 6. The highest BCUT2D eigenvalue weighted by molar-refractivity contribution is 8.00. The normalized spacial score (nSPS) is 30.9. The Morgan fingerprint density at radius 3 is 2.24 bits per heavy atom. The first-order valence-corrected chi connectivity index (χ1v) is 15.3. The maximum absolute atomic E-state index is 13.9. The lowest BCUT2D eigenvalue weighted by atomic mass is 9.68. The van der Waals surface area contributed by atoms with Gasteiger partial charge in [-0.05, 0) is 74.8 Å². The van der Waals surface area contributed by atoms with Crippen molar-refractivity contribution in [3.8, 4) is 0 Å². The van der Waals surface area contributed by atoms with Crippen LogP contribution in [-0.4, -0.2) is 35.1 Å². The van der Waals surface area contributed by atoms with Gasteiger partial charge in [-0.3, -0.25) is 19.3 Å². The Kier molecular flexibility index (Phi) is 5.64. The van der Waals surface area contributed by atoms with Crippen molar-refractivity contribution >= 4 is 46.3 Å². The monoisotopic (exact) mass is 545 g/mol. The molecule has 1 aromatic heterocycles. The standard InChI is InChI=1S/C30H31N3O3S2/c1-4-32(5-2)17-12-8-16(9-13-17)21-22-19-14-20(25(22)37-27-26(21)38-30(36)31-27)24-23(19)28(34)33(29(24)35)18-10-6-15(3)7-11-18/h6-13,19-25H,4-5,14H2,1-3H3,(H,31,36)/t19-,20+,21-,22+,23-,24+,25-/m1/s1. The van der Waals surface area contributed by atoms with Crippen molar-refractivity contribution in [1.29, 1.82) is 0 Å². The number of anilines is 2. The van der Waals surface area contributed by atoms with E-state index in [0.29, 0.717) is 5.69 Å². The lowest BCUT2D eigenvalue weighted by Gasteiger charge is -2.43. The number of imide groups is 1. The molecule has 0 unspecified atom stereocenters. The SMILES string of the molecule is CCN(CC)c1ccc([C@H]2c3sc(=O)[nH]c3S[C@@H]3[C@H]4C[C@@H]([C@H]5C(=O)N(c6ccc(C)cc6)C(=O)[C@@H]45)[C@@H]23)cc1. The van der Waals surface area contributed by atoms with Gasteiger partial charge in [-0.15, -0.1) is 11.8 Å². The number of fused-ring (bicyclic) bond motifs is 9. The summed E-state index contributed by atoms with van der Waals surface area (Å²) in [6.07, 6.45) is 0.907. The number of rotatable bonds is 5. The summed E-state index contributed by atoms with van der Waals surface area (Å²) in [4.78, 5) is 48.1. The van der Waals surface area contributed by atoms with Crippen LogP contribution in [0.15, 0.2) is 58.4 Å². The molecule has 4 aliphatic rings. The second-order valence-corrected chi connectivity index (χ2v) is 13.3. The number of aromatic nitrogens is 1. The number of nitrogens with zero attached hydrogens (tertiary/aromatic N) is 2. The minimum absolute atomic E-state index is 0.0301. The van der Waals surface area contributed by atoms with Crippen LogP contribution in [0, 0.1) is 36.5 Å². The van der Waals surface area contributed by atoms with Crippen molar-refractivity contribution in [2.45, 2.75) is 43.4 Å². The maximum Gasteiger partial charge on any atom is 0.305 e. The van der Waals surface area contributed by atoms with E-state index in [1.54, 1.807) is 11.8 Å². The van der Waals surface area contributed by atoms with Gasteiger partial charge in [0.2, 0.25) is 11.8 Å². The van der Waals surface area contributed by atoms with E-state index in [9.17, 15) is 14.4 Å². The molecule has 1 N–H and O–H groups in total. The van der Waals surface area contributed by atoms with E-state index in [4.69, 9.17) is 0 Å². The van der Waals surface area contributed by atoms with Gasteiger partial charge < -0.3 is 9.88 Å². The van der Waals surface area contributed by atoms with E-state index >= 15 is 0 Å². The lowest BCUT2D eigenvalue weighted by molar-refractivity contribution is -0.123. The smallest absolute Gasteiger partial charge is 0.305 e. The molecule has 3 fully saturated rings. The second-order valence-electron chi connectivity index (χ2n) is 11.1. The average Bonchev–Trinajstić information content (AvgIpc) is 3.65. The van der Waals surface area contributed by atoms with Gasteiger partial charge in [0.25, 0.3) is 0 Å². The summed E-state index contributed by atoms with van der Waals surface area (Å²) in [5.74, 6) is -0.0698. The number of thioether (sulfide) groups is 1. The third-order valence-electron chi connectivity index (χ3n) is 9.40. The predicted molar refractivity (Wildman–Crippen MR) is 152 cm³/mol. The Morgan fingerprint density at radius 2 is 1.58 bits per heavy atom. The van der Waals surface area contributed by atoms with Gasteiger partial charge in [0.1, 0.15) is 0 Å². The van der Waals surface area contributed by atoms with E-state index in [1.165, 1.54) is 27.5 Å².